The van der Waals surface area contributed by atoms with Gasteiger partial charge < -0.3 is 9.88 Å². The first kappa shape index (κ1) is 13.4. The Balaban J connectivity index is 1.83. The number of nitrogens with one attached hydrogen (secondary N) is 1. The van der Waals surface area contributed by atoms with E-state index in [0.717, 1.165) is 18.8 Å². The van der Waals surface area contributed by atoms with Crippen molar-refractivity contribution >= 4 is 0 Å². The van der Waals surface area contributed by atoms with Gasteiger partial charge in [0.2, 0.25) is 0 Å². The predicted molar refractivity (Wildman–Crippen MR) is 81.7 cm³/mol. The molecule has 3 heteroatoms. The van der Waals surface area contributed by atoms with Crippen LogP contribution in [0, 0.1) is 0 Å². The number of pyridine rings is 1. The molecule has 0 amide bonds. The highest BCUT2D eigenvalue weighted by molar-refractivity contribution is 5.29. The maximum absolute atomic E-state index is 4.42. The number of hydrogen-bond donors (Lipinski definition) is 1. The van der Waals surface area contributed by atoms with Crippen LogP contribution in [0.3, 0.4) is 0 Å². The van der Waals surface area contributed by atoms with Gasteiger partial charge in [0.05, 0.1) is 12.2 Å². The minimum Gasteiger partial charge on any atom is -0.348 e. The number of aromatic nitrogens is 2. The molecule has 0 aliphatic heterocycles. The molecule has 0 spiro atoms. The summed E-state index contributed by atoms with van der Waals surface area (Å²) in [4.78, 5) is 4.42. The summed E-state index contributed by atoms with van der Waals surface area (Å²) in [5.74, 6) is 0. The van der Waals surface area contributed by atoms with Gasteiger partial charge in [0.1, 0.15) is 0 Å². The third-order valence-electron chi connectivity index (χ3n) is 4.08. The maximum Gasteiger partial charge on any atom is 0.0642 e. The largest absolute Gasteiger partial charge is 0.348 e. The van der Waals surface area contributed by atoms with Gasteiger partial charge in [-0.2, -0.15) is 0 Å². The molecule has 3 nitrogen and oxygen atoms in total. The fourth-order valence-electron chi connectivity index (χ4n) is 3.14. The van der Waals surface area contributed by atoms with Gasteiger partial charge >= 0.3 is 0 Å². The number of aryl methyl sites for hydroxylation is 1. The highest BCUT2D eigenvalue weighted by atomic mass is 15.0. The quantitative estimate of drug-likeness (QED) is 0.863. The molecule has 1 aliphatic rings. The molecule has 0 aromatic carbocycles. The molecule has 0 saturated heterocycles. The Bertz CT molecular complexity index is 545. The van der Waals surface area contributed by atoms with Crippen LogP contribution in [-0.4, -0.2) is 16.1 Å². The number of nitrogens with zero attached hydrogens (tertiary/aromatic N) is 2. The molecule has 1 aliphatic carbocycles. The molecule has 2 aromatic heterocycles. The van der Waals surface area contributed by atoms with E-state index >= 15 is 0 Å². The summed E-state index contributed by atoms with van der Waals surface area (Å²) in [6, 6.07) is 6.64. The van der Waals surface area contributed by atoms with Crippen molar-refractivity contribution in [3.63, 3.8) is 0 Å². The Morgan fingerprint density at radius 3 is 3.05 bits per heavy atom. The smallest absolute Gasteiger partial charge is 0.0642 e. The van der Waals surface area contributed by atoms with E-state index in [4.69, 9.17) is 0 Å². The van der Waals surface area contributed by atoms with Gasteiger partial charge in [-0.1, -0.05) is 19.4 Å². The highest BCUT2D eigenvalue weighted by Crippen LogP contribution is 2.29. The van der Waals surface area contributed by atoms with E-state index in [9.17, 15) is 0 Å². The molecule has 0 bridgehead atoms. The Hall–Kier alpha value is -1.61. The zero-order chi connectivity index (χ0) is 13.8. The van der Waals surface area contributed by atoms with E-state index in [1.807, 2.05) is 12.3 Å². The molecule has 2 heterocycles. The predicted octanol–water partition coefficient (Wildman–Crippen LogP) is 3.31. The maximum atomic E-state index is 4.42. The molecule has 20 heavy (non-hydrogen) atoms. The van der Waals surface area contributed by atoms with Gasteiger partial charge in [0, 0.05) is 24.6 Å². The van der Waals surface area contributed by atoms with Gasteiger partial charge in [-0.25, -0.2) is 0 Å². The zero-order valence-corrected chi connectivity index (χ0v) is 12.2. The summed E-state index contributed by atoms with van der Waals surface area (Å²) < 4.78 is 2.29. The first-order chi connectivity index (χ1) is 9.86. The molecule has 0 saturated carbocycles. The van der Waals surface area contributed by atoms with Gasteiger partial charge in [-0.15, -0.1) is 0 Å². The molecule has 106 valence electrons. The van der Waals surface area contributed by atoms with E-state index in [1.165, 1.54) is 36.8 Å². The second-order valence-electron chi connectivity index (χ2n) is 5.59. The average Bonchev–Trinajstić information content (AvgIpc) is 2.77. The Morgan fingerprint density at radius 1 is 1.30 bits per heavy atom. The second-order valence-corrected chi connectivity index (χ2v) is 5.59. The van der Waals surface area contributed by atoms with Crippen molar-refractivity contribution in [1.29, 1.82) is 0 Å². The van der Waals surface area contributed by atoms with E-state index < -0.39 is 0 Å². The van der Waals surface area contributed by atoms with Crippen LogP contribution in [0.25, 0.3) is 0 Å². The summed E-state index contributed by atoms with van der Waals surface area (Å²) in [6.45, 7) is 4.09. The van der Waals surface area contributed by atoms with Crippen LogP contribution in [0.2, 0.25) is 0 Å². The second kappa shape index (κ2) is 6.23. The Morgan fingerprint density at radius 2 is 2.25 bits per heavy atom. The fourth-order valence-corrected chi connectivity index (χ4v) is 3.14. The SMILES string of the molecule is CCNC1CCCCc2cn(Cc3ccccn3)cc21. The molecule has 1 unspecified atom stereocenters. The summed E-state index contributed by atoms with van der Waals surface area (Å²) in [7, 11) is 0. The molecule has 3 rings (SSSR count). The fraction of sp³-hybridized carbons (Fsp3) is 0.471. The van der Waals surface area contributed by atoms with Crippen LogP contribution in [0.4, 0.5) is 0 Å². The first-order valence-electron chi connectivity index (χ1n) is 7.68. The average molecular weight is 269 g/mol. The summed E-state index contributed by atoms with van der Waals surface area (Å²) >= 11 is 0. The summed E-state index contributed by atoms with van der Waals surface area (Å²) in [6.07, 6.45) is 11.6. The molecule has 2 aromatic rings. The Labute approximate surface area is 121 Å². The van der Waals surface area contributed by atoms with E-state index in [0.29, 0.717) is 6.04 Å². The monoisotopic (exact) mass is 269 g/mol. The molecular weight excluding hydrogens is 246 g/mol. The standard InChI is InChI=1S/C17H23N3/c1-2-18-17-9-4-3-7-14-11-20(13-16(14)17)12-15-8-5-6-10-19-15/h5-6,8,10-11,13,17-18H,2-4,7,9,12H2,1H3. The van der Waals surface area contributed by atoms with Crippen LogP contribution in [0.15, 0.2) is 36.8 Å². The van der Waals surface area contributed by atoms with Crippen LogP contribution in [-0.2, 0) is 13.0 Å². The first-order valence-corrected chi connectivity index (χ1v) is 7.68. The third-order valence-corrected chi connectivity index (χ3v) is 4.08. The van der Waals surface area contributed by atoms with E-state index in [2.05, 4.69) is 46.3 Å². The van der Waals surface area contributed by atoms with Crippen LogP contribution < -0.4 is 5.32 Å². The minimum atomic E-state index is 0.530. The molecule has 1 atom stereocenters. The van der Waals surface area contributed by atoms with Crippen molar-refractivity contribution in [2.45, 2.75) is 45.2 Å². The van der Waals surface area contributed by atoms with Gasteiger partial charge in [0.25, 0.3) is 0 Å². The van der Waals surface area contributed by atoms with Crippen molar-refractivity contribution < 1.29 is 0 Å². The number of rotatable bonds is 4. The van der Waals surface area contributed by atoms with Gasteiger partial charge in [0.15, 0.2) is 0 Å². The lowest BCUT2D eigenvalue weighted by molar-refractivity contribution is 0.502. The topological polar surface area (TPSA) is 29.9 Å². The minimum absolute atomic E-state index is 0.530. The Kier molecular flexibility index (Phi) is 4.16. The van der Waals surface area contributed by atoms with E-state index in [1.54, 1.807) is 0 Å². The molecular formula is C17H23N3. The van der Waals surface area contributed by atoms with Crippen molar-refractivity contribution in [2.75, 3.05) is 6.54 Å². The van der Waals surface area contributed by atoms with E-state index in [-0.39, 0.29) is 0 Å². The normalized spacial score (nSPS) is 18.6. The van der Waals surface area contributed by atoms with Crippen molar-refractivity contribution in [3.8, 4) is 0 Å². The lowest BCUT2D eigenvalue weighted by Crippen LogP contribution is -2.20. The zero-order valence-electron chi connectivity index (χ0n) is 12.2. The summed E-state index contributed by atoms with van der Waals surface area (Å²) in [5.41, 5.74) is 4.14. The molecule has 0 radical (unpaired) electrons. The van der Waals surface area contributed by atoms with Crippen molar-refractivity contribution in [1.82, 2.24) is 14.9 Å². The van der Waals surface area contributed by atoms with Crippen molar-refractivity contribution in [3.05, 3.63) is 53.6 Å². The molecule has 0 fully saturated rings. The third kappa shape index (κ3) is 2.93. The van der Waals surface area contributed by atoms with Crippen LogP contribution in [0.1, 0.15) is 49.0 Å². The van der Waals surface area contributed by atoms with Gasteiger partial charge in [-0.05, 0) is 49.1 Å². The van der Waals surface area contributed by atoms with Crippen LogP contribution >= 0.6 is 0 Å². The highest BCUT2D eigenvalue weighted by Gasteiger charge is 2.19. The van der Waals surface area contributed by atoms with Crippen LogP contribution in [0.5, 0.6) is 0 Å². The molecule has 1 N–H and O–H groups in total. The number of fused-ring (bicyclic) bond motifs is 1. The summed E-state index contributed by atoms with van der Waals surface area (Å²) in [5, 5.41) is 3.63. The van der Waals surface area contributed by atoms with Crippen molar-refractivity contribution in [2.24, 2.45) is 0 Å². The van der Waals surface area contributed by atoms with Gasteiger partial charge in [-0.3, -0.25) is 4.98 Å². The lowest BCUT2D eigenvalue weighted by atomic mass is 10.0. The number of hydrogen-bond acceptors (Lipinski definition) is 2. The lowest BCUT2D eigenvalue weighted by Gasteiger charge is -2.15.